The fraction of sp³-hybridized carbons (Fsp3) is 0.125. The first-order valence-corrected chi connectivity index (χ1v) is 7.15. The molecule has 0 bridgehead atoms. The molecule has 0 aliphatic carbocycles. The molecule has 3 aromatic rings. The lowest BCUT2D eigenvalue weighted by molar-refractivity contribution is -0.137. The highest BCUT2D eigenvalue weighted by atomic mass is 19.4. The Labute approximate surface area is 140 Å². The van der Waals surface area contributed by atoms with Crippen molar-refractivity contribution in [3.8, 4) is 11.3 Å². The molecule has 0 aliphatic heterocycles. The predicted molar refractivity (Wildman–Crippen MR) is 83.3 cm³/mol. The second kappa shape index (κ2) is 6.34. The zero-order valence-electron chi connectivity index (χ0n) is 12.8. The van der Waals surface area contributed by atoms with Crippen LogP contribution in [0.3, 0.4) is 0 Å². The van der Waals surface area contributed by atoms with Gasteiger partial charge in [0, 0.05) is 5.56 Å². The van der Waals surface area contributed by atoms with E-state index in [1.165, 1.54) is 23.0 Å². The van der Waals surface area contributed by atoms with Gasteiger partial charge in [-0.3, -0.25) is 4.79 Å². The number of amides is 1. The van der Waals surface area contributed by atoms with E-state index in [1.807, 2.05) is 0 Å². The molecule has 0 unspecified atom stereocenters. The van der Waals surface area contributed by atoms with E-state index in [4.69, 9.17) is 0 Å². The third-order valence-corrected chi connectivity index (χ3v) is 3.43. The second-order valence-electron chi connectivity index (χ2n) is 5.11. The minimum Gasteiger partial charge on any atom is -0.347 e. The third-order valence-electron chi connectivity index (χ3n) is 3.43. The van der Waals surface area contributed by atoms with Gasteiger partial charge in [0.2, 0.25) is 5.91 Å². The zero-order valence-corrected chi connectivity index (χ0v) is 12.8. The molecule has 0 saturated carbocycles. The van der Waals surface area contributed by atoms with Crippen molar-refractivity contribution in [3.63, 3.8) is 0 Å². The monoisotopic (exact) mass is 347 g/mol. The van der Waals surface area contributed by atoms with Gasteiger partial charge in [-0.25, -0.2) is 14.5 Å². The Balaban J connectivity index is 2.01. The minimum atomic E-state index is -4.41. The molecule has 1 amide bonds. The van der Waals surface area contributed by atoms with Gasteiger partial charge in [-0.2, -0.15) is 18.3 Å². The van der Waals surface area contributed by atoms with E-state index in [-0.39, 0.29) is 12.5 Å². The Hall–Kier alpha value is -3.23. The number of benzene rings is 1. The molecule has 1 N–H and O–H groups in total. The van der Waals surface area contributed by atoms with Crippen LogP contribution in [0.2, 0.25) is 0 Å². The van der Waals surface area contributed by atoms with Crippen molar-refractivity contribution in [2.75, 3.05) is 0 Å². The Bertz CT molecular complexity index is 931. The summed E-state index contributed by atoms with van der Waals surface area (Å²) in [5.74, 6) is -0.364. The first-order valence-electron chi connectivity index (χ1n) is 7.15. The SMILES string of the molecule is C=CC(=O)NCc1cn2ncnc2c(-c2ccc(C(F)(F)F)cc2)n1. The summed E-state index contributed by atoms with van der Waals surface area (Å²) in [4.78, 5) is 19.8. The number of nitrogens with one attached hydrogen (secondary N) is 1. The number of nitrogens with zero attached hydrogens (tertiary/aromatic N) is 4. The standard InChI is InChI=1S/C16H12F3N5O/c1-2-13(25)20-7-12-8-24-15(21-9-22-24)14(23-12)10-3-5-11(6-4-10)16(17,18)19/h2-6,8-9H,1,7H2,(H,20,25). The summed E-state index contributed by atoms with van der Waals surface area (Å²) in [5.41, 5.74) is 0.962. The highest BCUT2D eigenvalue weighted by molar-refractivity contribution is 5.86. The van der Waals surface area contributed by atoms with Crippen LogP contribution in [0.15, 0.2) is 49.4 Å². The topological polar surface area (TPSA) is 72.2 Å². The molecule has 0 aliphatic rings. The maximum Gasteiger partial charge on any atom is 0.416 e. The lowest BCUT2D eigenvalue weighted by atomic mass is 10.1. The first-order chi connectivity index (χ1) is 11.9. The van der Waals surface area contributed by atoms with E-state index < -0.39 is 11.7 Å². The average Bonchev–Trinajstić information content (AvgIpc) is 3.06. The summed E-state index contributed by atoms with van der Waals surface area (Å²) >= 11 is 0. The molecule has 0 atom stereocenters. The van der Waals surface area contributed by atoms with Crippen molar-refractivity contribution in [1.82, 2.24) is 24.9 Å². The largest absolute Gasteiger partial charge is 0.416 e. The second-order valence-corrected chi connectivity index (χ2v) is 5.11. The van der Waals surface area contributed by atoms with Crippen molar-refractivity contribution in [1.29, 1.82) is 0 Å². The van der Waals surface area contributed by atoms with Crippen LogP contribution in [-0.2, 0) is 17.5 Å². The van der Waals surface area contributed by atoms with Crippen LogP contribution in [0.1, 0.15) is 11.3 Å². The molecule has 0 spiro atoms. The Kier molecular flexibility index (Phi) is 4.22. The Morgan fingerprint density at radius 1 is 1.28 bits per heavy atom. The molecule has 3 rings (SSSR count). The van der Waals surface area contributed by atoms with Gasteiger partial charge in [0.05, 0.1) is 24.0 Å². The molecule has 128 valence electrons. The van der Waals surface area contributed by atoms with Crippen molar-refractivity contribution in [2.45, 2.75) is 12.7 Å². The molecule has 25 heavy (non-hydrogen) atoms. The van der Waals surface area contributed by atoms with Crippen LogP contribution in [-0.4, -0.2) is 25.5 Å². The van der Waals surface area contributed by atoms with Crippen LogP contribution in [0.5, 0.6) is 0 Å². The summed E-state index contributed by atoms with van der Waals surface area (Å²) in [5, 5.41) is 6.61. The molecular formula is C16H12F3N5O. The molecule has 0 radical (unpaired) electrons. The van der Waals surface area contributed by atoms with Gasteiger partial charge in [-0.15, -0.1) is 0 Å². The van der Waals surface area contributed by atoms with Crippen LogP contribution in [0.4, 0.5) is 13.2 Å². The fourth-order valence-electron chi connectivity index (χ4n) is 2.22. The van der Waals surface area contributed by atoms with Gasteiger partial charge in [-0.1, -0.05) is 18.7 Å². The molecule has 2 heterocycles. The smallest absolute Gasteiger partial charge is 0.347 e. The quantitative estimate of drug-likeness (QED) is 0.737. The maximum atomic E-state index is 12.7. The zero-order chi connectivity index (χ0) is 18.0. The van der Waals surface area contributed by atoms with Gasteiger partial charge in [-0.05, 0) is 18.2 Å². The van der Waals surface area contributed by atoms with E-state index in [9.17, 15) is 18.0 Å². The lowest BCUT2D eigenvalue weighted by Crippen LogP contribution is -2.21. The van der Waals surface area contributed by atoms with Gasteiger partial charge in [0.1, 0.15) is 12.0 Å². The normalized spacial score (nSPS) is 11.5. The highest BCUT2D eigenvalue weighted by Gasteiger charge is 2.30. The van der Waals surface area contributed by atoms with Gasteiger partial charge in [0.25, 0.3) is 0 Å². The van der Waals surface area contributed by atoms with E-state index in [0.29, 0.717) is 22.6 Å². The van der Waals surface area contributed by atoms with Crippen LogP contribution in [0.25, 0.3) is 16.9 Å². The Morgan fingerprint density at radius 2 is 2.00 bits per heavy atom. The molecule has 0 saturated heterocycles. The van der Waals surface area contributed by atoms with Crippen LogP contribution < -0.4 is 5.32 Å². The fourth-order valence-corrected chi connectivity index (χ4v) is 2.22. The van der Waals surface area contributed by atoms with Gasteiger partial charge < -0.3 is 5.32 Å². The summed E-state index contributed by atoms with van der Waals surface area (Å²) in [6.45, 7) is 3.48. The van der Waals surface area contributed by atoms with Crippen molar-refractivity contribution < 1.29 is 18.0 Å². The molecule has 9 heteroatoms. The number of hydrogen-bond acceptors (Lipinski definition) is 4. The number of hydrogen-bond donors (Lipinski definition) is 1. The number of rotatable bonds is 4. The van der Waals surface area contributed by atoms with Gasteiger partial charge in [0.15, 0.2) is 5.65 Å². The predicted octanol–water partition coefficient (Wildman–Crippen LogP) is 2.61. The third kappa shape index (κ3) is 3.49. The van der Waals surface area contributed by atoms with E-state index >= 15 is 0 Å². The van der Waals surface area contributed by atoms with E-state index in [1.54, 1.807) is 6.20 Å². The molecule has 0 fully saturated rings. The lowest BCUT2D eigenvalue weighted by Gasteiger charge is -2.09. The van der Waals surface area contributed by atoms with Crippen LogP contribution >= 0.6 is 0 Å². The molecule has 2 aromatic heterocycles. The van der Waals surface area contributed by atoms with Crippen molar-refractivity contribution in [3.05, 3.63) is 60.7 Å². The number of halogens is 3. The Morgan fingerprint density at radius 3 is 2.64 bits per heavy atom. The number of carbonyl (C=O) groups excluding carboxylic acids is 1. The van der Waals surface area contributed by atoms with Crippen LogP contribution in [0, 0.1) is 0 Å². The van der Waals surface area contributed by atoms with Crippen molar-refractivity contribution >= 4 is 11.6 Å². The first kappa shape index (κ1) is 16.6. The summed E-state index contributed by atoms with van der Waals surface area (Å²) < 4.78 is 39.6. The minimum absolute atomic E-state index is 0.119. The van der Waals surface area contributed by atoms with Crippen molar-refractivity contribution in [2.24, 2.45) is 0 Å². The molecular weight excluding hydrogens is 335 g/mol. The van der Waals surface area contributed by atoms with Gasteiger partial charge >= 0.3 is 6.18 Å². The number of aromatic nitrogens is 4. The number of alkyl halides is 3. The summed E-state index contributed by atoms with van der Waals surface area (Å²) in [6.07, 6.45) is -0.381. The highest BCUT2D eigenvalue weighted by Crippen LogP contribution is 2.31. The number of fused-ring (bicyclic) bond motifs is 1. The van der Waals surface area contributed by atoms with E-state index in [2.05, 4.69) is 27.0 Å². The summed E-state index contributed by atoms with van der Waals surface area (Å²) in [7, 11) is 0. The molecule has 1 aromatic carbocycles. The number of carbonyl (C=O) groups is 1. The molecule has 6 nitrogen and oxygen atoms in total. The average molecular weight is 347 g/mol. The maximum absolute atomic E-state index is 12.7. The van der Waals surface area contributed by atoms with E-state index in [0.717, 1.165) is 18.2 Å². The summed E-state index contributed by atoms with van der Waals surface area (Å²) in [6, 6.07) is 4.62.